The summed E-state index contributed by atoms with van der Waals surface area (Å²) in [6, 6.07) is 4.45. The lowest BCUT2D eigenvalue weighted by Crippen LogP contribution is -2.26. The number of phenols is 1. The van der Waals surface area contributed by atoms with Crippen LogP contribution in [0.4, 0.5) is 5.69 Å². The first kappa shape index (κ1) is 7.91. The number of carboxylic acids is 1. The maximum absolute atomic E-state index is 10.6. The van der Waals surface area contributed by atoms with Crippen molar-refractivity contribution in [3.05, 3.63) is 23.8 Å². The van der Waals surface area contributed by atoms with Gasteiger partial charge in [-0.1, -0.05) is 12.1 Å². The Hall–Kier alpha value is -1.71. The van der Waals surface area contributed by atoms with E-state index in [0.717, 1.165) is 5.56 Å². The summed E-state index contributed by atoms with van der Waals surface area (Å²) in [5.41, 5.74) is 1.40. The van der Waals surface area contributed by atoms with Crippen LogP contribution in [0.3, 0.4) is 0 Å². The molecule has 0 saturated carbocycles. The number of para-hydroxylation sites is 1. The van der Waals surface area contributed by atoms with Gasteiger partial charge in [0.25, 0.3) is 0 Å². The van der Waals surface area contributed by atoms with E-state index in [9.17, 15) is 9.90 Å². The minimum absolute atomic E-state index is 0.112. The van der Waals surface area contributed by atoms with Gasteiger partial charge in [0.15, 0.2) is 0 Å². The van der Waals surface area contributed by atoms with E-state index in [4.69, 9.17) is 5.11 Å². The number of aliphatic carboxylic acids is 1. The highest BCUT2D eigenvalue weighted by Crippen LogP contribution is 2.33. The third kappa shape index (κ3) is 1.20. The summed E-state index contributed by atoms with van der Waals surface area (Å²) in [6.07, 6.45) is 0.430. The Morgan fingerprint density at radius 2 is 2.31 bits per heavy atom. The molecule has 0 spiro atoms. The summed E-state index contributed by atoms with van der Waals surface area (Å²) in [6.45, 7) is 0. The molecule has 1 aromatic rings. The molecule has 1 aromatic carbocycles. The fourth-order valence-electron chi connectivity index (χ4n) is 1.52. The van der Waals surface area contributed by atoms with Gasteiger partial charge in [-0.3, -0.25) is 0 Å². The van der Waals surface area contributed by atoms with Crippen LogP contribution in [0.25, 0.3) is 0 Å². The average Bonchev–Trinajstić information content (AvgIpc) is 2.49. The lowest BCUT2D eigenvalue weighted by atomic mass is 10.1. The Morgan fingerprint density at radius 3 is 2.92 bits per heavy atom. The first-order valence-electron chi connectivity index (χ1n) is 3.98. The normalized spacial score (nSPS) is 19.2. The van der Waals surface area contributed by atoms with Gasteiger partial charge in [0.05, 0.1) is 5.69 Å². The van der Waals surface area contributed by atoms with Gasteiger partial charge < -0.3 is 15.5 Å². The molecule has 4 heteroatoms. The number of benzene rings is 1. The molecule has 0 saturated heterocycles. The molecule has 1 aliphatic heterocycles. The summed E-state index contributed by atoms with van der Waals surface area (Å²) < 4.78 is 0. The van der Waals surface area contributed by atoms with E-state index < -0.39 is 12.0 Å². The second-order valence-corrected chi connectivity index (χ2v) is 3.05. The third-order valence-corrected chi connectivity index (χ3v) is 2.17. The van der Waals surface area contributed by atoms with E-state index in [0.29, 0.717) is 12.1 Å². The predicted octanol–water partition coefficient (Wildman–Crippen LogP) is 0.813. The average molecular weight is 179 g/mol. The van der Waals surface area contributed by atoms with Gasteiger partial charge in [0.2, 0.25) is 0 Å². The number of rotatable bonds is 1. The maximum Gasteiger partial charge on any atom is 0.326 e. The molecule has 0 aliphatic carbocycles. The monoisotopic (exact) mass is 179 g/mol. The van der Waals surface area contributed by atoms with Crippen molar-refractivity contribution < 1.29 is 15.0 Å². The molecule has 3 N–H and O–H groups in total. The lowest BCUT2D eigenvalue weighted by molar-refractivity contribution is -0.137. The summed E-state index contributed by atoms with van der Waals surface area (Å²) in [5, 5.41) is 20.9. The Kier molecular flexibility index (Phi) is 1.62. The van der Waals surface area contributed by atoms with Crippen molar-refractivity contribution in [2.24, 2.45) is 0 Å². The molecule has 2 rings (SSSR count). The van der Waals surface area contributed by atoms with Crippen LogP contribution in [0.1, 0.15) is 5.56 Å². The van der Waals surface area contributed by atoms with Crippen LogP contribution in [0.2, 0.25) is 0 Å². The van der Waals surface area contributed by atoms with Gasteiger partial charge in [0, 0.05) is 6.42 Å². The van der Waals surface area contributed by atoms with Crippen molar-refractivity contribution in [3.63, 3.8) is 0 Å². The van der Waals surface area contributed by atoms with Crippen LogP contribution in [0.15, 0.2) is 18.2 Å². The highest BCUT2D eigenvalue weighted by Gasteiger charge is 2.27. The van der Waals surface area contributed by atoms with Crippen molar-refractivity contribution in [2.45, 2.75) is 12.5 Å². The zero-order chi connectivity index (χ0) is 9.42. The quantitative estimate of drug-likeness (QED) is 0.558. The number of hydrogen-bond acceptors (Lipinski definition) is 3. The summed E-state index contributed by atoms with van der Waals surface area (Å²) in [4.78, 5) is 10.6. The molecular formula is C9H9NO3. The van der Waals surface area contributed by atoms with Crippen LogP contribution in [-0.2, 0) is 11.2 Å². The topological polar surface area (TPSA) is 69.6 Å². The fourth-order valence-corrected chi connectivity index (χ4v) is 1.52. The fraction of sp³-hybridized carbons (Fsp3) is 0.222. The number of fused-ring (bicyclic) bond motifs is 1. The van der Waals surface area contributed by atoms with Crippen LogP contribution < -0.4 is 5.32 Å². The Bertz CT molecular complexity index is 362. The molecule has 0 fully saturated rings. The number of nitrogens with one attached hydrogen (secondary N) is 1. The van der Waals surface area contributed by atoms with Crippen molar-refractivity contribution in [2.75, 3.05) is 5.32 Å². The molecule has 0 radical (unpaired) electrons. The van der Waals surface area contributed by atoms with Crippen LogP contribution >= 0.6 is 0 Å². The SMILES string of the molecule is O=C(O)C1Cc2cccc(O)c2N1. The second kappa shape index (κ2) is 2.65. The summed E-state index contributed by atoms with van der Waals surface area (Å²) >= 11 is 0. The van der Waals surface area contributed by atoms with E-state index in [1.807, 2.05) is 6.07 Å². The summed E-state index contributed by atoms with van der Waals surface area (Å²) in [5.74, 6) is -0.781. The molecule has 1 atom stereocenters. The van der Waals surface area contributed by atoms with Gasteiger partial charge in [-0.05, 0) is 11.6 Å². The Balaban J connectivity index is 2.35. The Morgan fingerprint density at radius 1 is 1.54 bits per heavy atom. The van der Waals surface area contributed by atoms with Crippen molar-refractivity contribution >= 4 is 11.7 Å². The first-order valence-corrected chi connectivity index (χ1v) is 3.98. The van der Waals surface area contributed by atoms with Crippen LogP contribution in [0.5, 0.6) is 5.75 Å². The van der Waals surface area contributed by atoms with Crippen molar-refractivity contribution in [3.8, 4) is 5.75 Å². The Labute approximate surface area is 74.8 Å². The van der Waals surface area contributed by atoms with Gasteiger partial charge in [-0.2, -0.15) is 0 Å². The molecule has 4 nitrogen and oxygen atoms in total. The van der Waals surface area contributed by atoms with Crippen LogP contribution in [-0.4, -0.2) is 22.2 Å². The third-order valence-electron chi connectivity index (χ3n) is 2.17. The predicted molar refractivity (Wildman–Crippen MR) is 46.9 cm³/mol. The number of carbonyl (C=O) groups is 1. The molecule has 0 amide bonds. The van der Waals surface area contributed by atoms with Gasteiger partial charge >= 0.3 is 5.97 Å². The number of carboxylic acid groups (broad SMARTS) is 1. The van der Waals surface area contributed by atoms with E-state index in [1.54, 1.807) is 6.07 Å². The van der Waals surface area contributed by atoms with Gasteiger partial charge in [-0.15, -0.1) is 0 Å². The highest BCUT2D eigenvalue weighted by molar-refractivity contribution is 5.82. The first-order chi connectivity index (χ1) is 6.18. The van der Waals surface area contributed by atoms with Crippen LogP contribution in [0, 0.1) is 0 Å². The number of phenolic OH excluding ortho intramolecular Hbond substituents is 1. The second-order valence-electron chi connectivity index (χ2n) is 3.05. The molecule has 68 valence electrons. The largest absolute Gasteiger partial charge is 0.506 e. The molecule has 13 heavy (non-hydrogen) atoms. The standard InChI is InChI=1S/C9H9NO3/c11-7-3-1-2-5-4-6(9(12)13)10-8(5)7/h1-3,6,10-11H,4H2,(H,12,13). The van der Waals surface area contributed by atoms with E-state index in [-0.39, 0.29) is 5.75 Å². The number of aromatic hydroxyl groups is 1. The minimum Gasteiger partial charge on any atom is -0.506 e. The molecule has 1 unspecified atom stereocenters. The smallest absolute Gasteiger partial charge is 0.326 e. The van der Waals surface area contributed by atoms with E-state index in [2.05, 4.69) is 5.32 Å². The zero-order valence-electron chi connectivity index (χ0n) is 6.82. The van der Waals surface area contributed by atoms with Gasteiger partial charge in [-0.25, -0.2) is 4.79 Å². The molecule has 0 aromatic heterocycles. The molecular weight excluding hydrogens is 170 g/mol. The lowest BCUT2D eigenvalue weighted by Gasteiger charge is -2.04. The van der Waals surface area contributed by atoms with Crippen molar-refractivity contribution in [1.29, 1.82) is 0 Å². The highest BCUT2D eigenvalue weighted by atomic mass is 16.4. The molecule has 1 aliphatic rings. The van der Waals surface area contributed by atoms with Crippen molar-refractivity contribution in [1.82, 2.24) is 0 Å². The van der Waals surface area contributed by atoms with E-state index in [1.165, 1.54) is 6.07 Å². The number of anilines is 1. The number of hydrogen-bond donors (Lipinski definition) is 3. The molecule has 0 bridgehead atoms. The van der Waals surface area contributed by atoms with Gasteiger partial charge in [0.1, 0.15) is 11.8 Å². The minimum atomic E-state index is -0.893. The van der Waals surface area contributed by atoms with E-state index >= 15 is 0 Å². The maximum atomic E-state index is 10.6. The zero-order valence-corrected chi connectivity index (χ0v) is 6.82. The molecule has 1 heterocycles. The summed E-state index contributed by atoms with van der Waals surface area (Å²) in [7, 11) is 0.